The third-order valence-corrected chi connectivity index (χ3v) is 5.66. The molecule has 3 aliphatic heterocycles. The van der Waals surface area contributed by atoms with E-state index in [0.29, 0.717) is 12.6 Å². The standard InChI is InChI=1S/C13H21N3O3S/c17-10-8(6-14-7-2-3-7)19-12-9(11(10)18)15-13(20-12)16-4-1-5-16/h7-12,14,17-18H,1-6H2/t8-,9-,10?,11-,12-/m1/s1. The van der Waals surface area contributed by atoms with Gasteiger partial charge in [-0.2, -0.15) is 0 Å². The lowest BCUT2D eigenvalue weighted by Crippen LogP contribution is -2.57. The lowest BCUT2D eigenvalue weighted by atomic mass is 9.98. The van der Waals surface area contributed by atoms with Crippen molar-refractivity contribution in [3.05, 3.63) is 0 Å². The average molecular weight is 299 g/mol. The van der Waals surface area contributed by atoms with Gasteiger partial charge >= 0.3 is 0 Å². The fourth-order valence-corrected chi connectivity index (χ4v) is 4.10. The van der Waals surface area contributed by atoms with Crippen molar-refractivity contribution in [2.24, 2.45) is 4.99 Å². The molecule has 1 saturated carbocycles. The summed E-state index contributed by atoms with van der Waals surface area (Å²) >= 11 is 1.59. The van der Waals surface area contributed by atoms with Crippen molar-refractivity contribution in [3.63, 3.8) is 0 Å². The van der Waals surface area contributed by atoms with Crippen LogP contribution in [0.2, 0.25) is 0 Å². The Hall–Kier alpha value is -0.340. The van der Waals surface area contributed by atoms with Gasteiger partial charge in [-0.25, -0.2) is 0 Å². The molecule has 0 radical (unpaired) electrons. The summed E-state index contributed by atoms with van der Waals surface area (Å²) in [5.41, 5.74) is -0.157. The zero-order chi connectivity index (χ0) is 13.7. The molecule has 1 aliphatic carbocycles. The molecule has 0 aromatic carbocycles. The maximum Gasteiger partial charge on any atom is 0.162 e. The zero-order valence-corrected chi connectivity index (χ0v) is 12.1. The third kappa shape index (κ3) is 2.35. The van der Waals surface area contributed by atoms with Crippen molar-refractivity contribution >= 4 is 16.9 Å². The van der Waals surface area contributed by atoms with Gasteiger partial charge in [-0.05, 0) is 19.3 Å². The third-order valence-electron chi connectivity index (χ3n) is 4.46. The summed E-state index contributed by atoms with van der Waals surface area (Å²) in [6.07, 6.45) is 1.58. The molecule has 4 rings (SSSR count). The molecular formula is C13H21N3O3S. The fourth-order valence-electron chi connectivity index (χ4n) is 2.82. The van der Waals surface area contributed by atoms with Crippen LogP contribution in [0.15, 0.2) is 4.99 Å². The summed E-state index contributed by atoms with van der Waals surface area (Å²) in [5, 5.41) is 24.8. The van der Waals surface area contributed by atoms with Gasteiger partial charge in [0.05, 0.1) is 0 Å². The summed E-state index contributed by atoms with van der Waals surface area (Å²) in [5.74, 6) is 0. The fraction of sp³-hybridized carbons (Fsp3) is 0.923. The Morgan fingerprint density at radius 2 is 2.10 bits per heavy atom. The van der Waals surface area contributed by atoms with Crippen LogP contribution in [0, 0.1) is 0 Å². The Balaban J connectivity index is 1.41. The molecule has 4 aliphatic rings. The minimum absolute atomic E-state index is 0.157. The molecule has 6 nitrogen and oxygen atoms in total. The molecule has 0 spiro atoms. The molecule has 0 aromatic rings. The molecule has 112 valence electrons. The number of hydrogen-bond donors (Lipinski definition) is 3. The lowest BCUT2D eigenvalue weighted by Gasteiger charge is -2.38. The highest BCUT2D eigenvalue weighted by atomic mass is 32.2. The summed E-state index contributed by atoms with van der Waals surface area (Å²) in [4.78, 5) is 6.77. The number of thioether (sulfide) groups is 1. The molecule has 2 saturated heterocycles. The number of fused-ring (bicyclic) bond motifs is 1. The van der Waals surface area contributed by atoms with Crippen molar-refractivity contribution in [3.8, 4) is 0 Å². The van der Waals surface area contributed by atoms with E-state index >= 15 is 0 Å². The van der Waals surface area contributed by atoms with Crippen LogP contribution >= 0.6 is 11.8 Å². The van der Waals surface area contributed by atoms with Crippen LogP contribution in [0.1, 0.15) is 19.3 Å². The Kier molecular flexibility index (Phi) is 3.42. The largest absolute Gasteiger partial charge is 0.388 e. The summed E-state index contributed by atoms with van der Waals surface area (Å²) < 4.78 is 5.97. The quantitative estimate of drug-likeness (QED) is 0.644. The van der Waals surface area contributed by atoms with Gasteiger partial charge in [0, 0.05) is 25.7 Å². The zero-order valence-electron chi connectivity index (χ0n) is 11.3. The van der Waals surface area contributed by atoms with Gasteiger partial charge in [0.25, 0.3) is 0 Å². The molecule has 20 heavy (non-hydrogen) atoms. The van der Waals surface area contributed by atoms with Crippen molar-refractivity contribution in [1.29, 1.82) is 0 Å². The van der Waals surface area contributed by atoms with Crippen molar-refractivity contribution < 1.29 is 14.9 Å². The van der Waals surface area contributed by atoms with Crippen LogP contribution in [0.25, 0.3) is 0 Å². The predicted molar refractivity (Wildman–Crippen MR) is 76.7 cm³/mol. The van der Waals surface area contributed by atoms with Crippen molar-refractivity contribution in [1.82, 2.24) is 10.2 Å². The SMILES string of the molecule is OC1[C@@H](CNC2CC2)O[C@@H]2SC(N3CCC3)=N[C@@H]2[C@H]1O. The van der Waals surface area contributed by atoms with E-state index in [0.717, 1.165) is 18.3 Å². The first-order chi connectivity index (χ1) is 9.72. The van der Waals surface area contributed by atoms with Crippen LogP contribution < -0.4 is 5.32 Å². The second kappa shape index (κ2) is 5.14. The Morgan fingerprint density at radius 3 is 2.75 bits per heavy atom. The van der Waals surface area contributed by atoms with Gasteiger partial charge in [-0.3, -0.25) is 4.99 Å². The summed E-state index contributed by atoms with van der Waals surface area (Å²) in [7, 11) is 0. The number of ether oxygens (including phenoxy) is 1. The molecule has 3 heterocycles. The predicted octanol–water partition coefficient (Wildman–Crippen LogP) is -0.638. The second-order valence-corrected chi connectivity index (χ2v) is 7.13. The summed E-state index contributed by atoms with van der Waals surface area (Å²) in [6, 6.07) is 0.243. The van der Waals surface area contributed by atoms with Gasteiger partial charge in [0.15, 0.2) is 5.17 Å². The van der Waals surface area contributed by atoms with Crippen LogP contribution in [0.3, 0.4) is 0 Å². The van der Waals surface area contributed by atoms with E-state index in [1.54, 1.807) is 11.8 Å². The van der Waals surface area contributed by atoms with E-state index in [1.165, 1.54) is 19.3 Å². The van der Waals surface area contributed by atoms with Gasteiger partial charge in [0.1, 0.15) is 29.8 Å². The first kappa shape index (κ1) is 13.3. The van der Waals surface area contributed by atoms with Crippen LogP contribution in [0.4, 0.5) is 0 Å². The lowest BCUT2D eigenvalue weighted by molar-refractivity contribution is -0.150. The Bertz CT molecular complexity index is 414. The normalized spacial score (nSPS) is 44.0. The average Bonchev–Trinajstić information content (AvgIpc) is 3.10. The number of hydrogen-bond acceptors (Lipinski definition) is 7. The molecule has 7 heteroatoms. The number of rotatable bonds is 3. The number of aliphatic hydroxyl groups is 2. The van der Waals surface area contributed by atoms with Gasteiger partial charge in [-0.1, -0.05) is 11.8 Å². The van der Waals surface area contributed by atoms with E-state index in [1.807, 2.05) is 0 Å². The molecule has 0 amide bonds. The smallest absolute Gasteiger partial charge is 0.162 e. The van der Waals surface area contributed by atoms with E-state index < -0.39 is 12.2 Å². The number of likely N-dealkylation sites (tertiary alicyclic amines) is 1. The van der Waals surface area contributed by atoms with Gasteiger partial charge in [0.2, 0.25) is 0 Å². The van der Waals surface area contributed by atoms with Crippen molar-refractivity contribution in [2.75, 3.05) is 19.6 Å². The molecular weight excluding hydrogens is 278 g/mol. The second-order valence-electron chi connectivity index (χ2n) is 6.07. The van der Waals surface area contributed by atoms with E-state index in [2.05, 4.69) is 15.2 Å². The number of amidine groups is 1. The molecule has 3 N–H and O–H groups in total. The van der Waals surface area contributed by atoms with E-state index in [4.69, 9.17) is 4.74 Å². The molecule has 5 atom stereocenters. The molecule has 1 unspecified atom stereocenters. The minimum atomic E-state index is -0.859. The maximum atomic E-state index is 10.3. The maximum absolute atomic E-state index is 10.3. The van der Waals surface area contributed by atoms with Gasteiger partial charge in [-0.15, -0.1) is 0 Å². The monoisotopic (exact) mass is 299 g/mol. The Labute approximate surface area is 122 Å². The van der Waals surface area contributed by atoms with E-state index in [9.17, 15) is 10.2 Å². The molecule has 3 fully saturated rings. The minimum Gasteiger partial charge on any atom is -0.388 e. The Morgan fingerprint density at radius 1 is 1.30 bits per heavy atom. The van der Waals surface area contributed by atoms with E-state index in [-0.39, 0.29) is 17.6 Å². The number of nitrogens with zero attached hydrogens (tertiary/aromatic N) is 2. The highest BCUT2D eigenvalue weighted by Gasteiger charge is 2.49. The molecule has 0 bridgehead atoms. The van der Waals surface area contributed by atoms with Crippen molar-refractivity contribution in [2.45, 2.75) is 55.1 Å². The highest BCUT2D eigenvalue weighted by Crippen LogP contribution is 2.38. The first-order valence-electron chi connectivity index (χ1n) is 7.47. The molecule has 0 aromatic heterocycles. The number of aliphatic hydroxyl groups excluding tert-OH is 2. The number of aliphatic imine (C=N–C) groups is 1. The van der Waals surface area contributed by atoms with Crippen LogP contribution in [-0.2, 0) is 4.74 Å². The van der Waals surface area contributed by atoms with Crippen LogP contribution in [-0.4, -0.2) is 75.7 Å². The number of nitrogens with one attached hydrogen (secondary N) is 1. The first-order valence-corrected chi connectivity index (χ1v) is 8.35. The van der Waals surface area contributed by atoms with Crippen LogP contribution in [0.5, 0.6) is 0 Å². The highest BCUT2D eigenvalue weighted by molar-refractivity contribution is 8.14. The topological polar surface area (TPSA) is 77.3 Å². The van der Waals surface area contributed by atoms with Gasteiger partial charge < -0.3 is 25.2 Å². The summed E-state index contributed by atoms with van der Waals surface area (Å²) in [6.45, 7) is 2.68.